The van der Waals surface area contributed by atoms with Crippen LogP contribution in [0.4, 0.5) is 5.82 Å². The Morgan fingerprint density at radius 2 is 2.14 bits per heavy atom. The van der Waals surface area contributed by atoms with Gasteiger partial charge < -0.3 is 10.2 Å². The molecule has 1 aliphatic rings. The highest BCUT2D eigenvalue weighted by Crippen LogP contribution is 2.19. The maximum absolute atomic E-state index is 4.51. The second-order valence-corrected chi connectivity index (χ2v) is 6.69. The molecule has 0 unspecified atom stereocenters. The van der Waals surface area contributed by atoms with Gasteiger partial charge in [-0.15, -0.1) is 11.3 Å². The third-order valence-electron chi connectivity index (χ3n) is 4.10. The Hall–Kier alpha value is -1.53. The molecule has 1 fully saturated rings. The molecule has 0 spiro atoms. The molecule has 0 saturated carbocycles. The molecule has 0 radical (unpaired) electrons. The minimum atomic E-state index is 0.577. The van der Waals surface area contributed by atoms with E-state index in [9.17, 15) is 0 Å². The third kappa shape index (κ3) is 3.81. The molecule has 0 aliphatic carbocycles. The summed E-state index contributed by atoms with van der Waals surface area (Å²) in [6.45, 7) is 7.16. The molecule has 0 bridgehead atoms. The number of nitrogens with zero attached hydrogens (tertiary/aromatic N) is 4. The van der Waals surface area contributed by atoms with E-state index in [0.29, 0.717) is 6.04 Å². The molecule has 1 saturated heterocycles. The highest BCUT2D eigenvalue weighted by atomic mass is 32.1. The average Bonchev–Trinajstić information content (AvgIpc) is 2.99. The summed E-state index contributed by atoms with van der Waals surface area (Å²) < 4.78 is 0. The number of anilines is 1. The van der Waals surface area contributed by atoms with E-state index in [4.69, 9.17) is 0 Å². The largest absolute Gasteiger partial charge is 0.356 e. The monoisotopic (exact) mass is 317 g/mol. The summed E-state index contributed by atoms with van der Waals surface area (Å²) in [7, 11) is 0. The van der Waals surface area contributed by atoms with Gasteiger partial charge in [-0.1, -0.05) is 6.92 Å². The van der Waals surface area contributed by atoms with Crippen molar-refractivity contribution in [2.75, 3.05) is 18.0 Å². The molecule has 3 rings (SSSR count). The summed E-state index contributed by atoms with van der Waals surface area (Å²) in [5, 5.41) is 6.93. The fraction of sp³-hybridized carbons (Fsp3) is 0.562. The van der Waals surface area contributed by atoms with Crippen molar-refractivity contribution in [3.05, 3.63) is 34.2 Å². The predicted molar refractivity (Wildman–Crippen MR) is 90.3 cm³/mol. The fourth-order valence-corrected chi connectivity index (χ4v) is 3.50. The van der Waals surface area contributed by atoms with Crippen LogP contribution >= 0.6 is 11.3 Å². The number of rotatable bonds is 5. The zero-order chi connectivity index (χ0) is 15.4. The Morgan fingerprint density at radius 3 is 2.82 bits per heavy atom. The van der Waals surface area contributed by atoms with E-state index in [1.807, 2.05) is 6.92 Å². The second-order valence-electron chi connectivity index (χ2n) is 5.75. The van der Waals surface area contributed by atoms with Gasteiger partial charge in [0.15, 0.2) is 0 Å². The second kappa shape index (κ2) is 7.15. The van der Waals surface area contributed by atoms with Crippen molar-refractivity contribution in [2.24, 2.45) is 0 Å². The first-order valence-electron chi connectivity index (χ1n) is 7.95. The predicted octanol–water partition coefficient (Wildman–Crippen LogP) is 2.56. The lowest BCUT2D eigenvalue weighted by molar-refractivity contribution is 0.412. The SMILES string of the molecule is CCc1cc(N2CCC(NCc3nc(C)cs3)CC2)ncn1. The first kappa shape index (κ1) is 15.4. The van der Waals surface area contributed by atoms with E-state index < -0.39 is 0 Å². The number of thiazole rings is 1. The van der Waals surface area contributed by atoms with Gasteiger partial charge in [0.1, 0.15) is 17.2 Å². The van der Waals surface area contributed by atoms with Crippen LogP contribution in [0.5, 0.6) is 0 Å². The van der Waals surface area contributed by atoms with Gasteiger partial charge in [-0.05, 0) is 26.2 Å². The lowest BCUT2D eigenvalue weighted by Crippen LogP contribution is -2.42. The third-order valence-corrected chi connectivity index (χ3v) is 5.07. The summed E-state index contributed by atoms with van der Waals surface area (Å²) in [4.78, 5) is 15.6. The summed E-state index contributed by atoms with van der Waals surface area (Å²) in [5.74, 6) is 1.07. The maximum Gasteiger partial charge on any atom is 0.132 e. The van der Waals surface area contributed by atoms with Crippen molar-refractivity contribution >= 4 is 17.2 Å². The Morgan fingerprint density at radius 1 is 1.32 bits per heavy atom. The fourth-order valence-electron chi connectivity index (χ4n) is 2.78. The molecule has 0 amide bonds. The van der Waals surface area contributed by atoms with Gasteiger partial charge in [0.25, 0.3) is 0 Å². The molecule has 5 nitrogen and oxygen atoms in total. The number of hydrogen-bond acceptors (Lipinski definition) is 6. The number of aryl methyl sites for hydroxylation is 2. The van der Waals surface area contributed by atoms with Crippen molar-refractivity contribution in [1.82, 2.24) is 20.3 Å². The van der Waals surface area contributed by atoms with Gasteiger partial charge in [-0.25, -0.2) is 15.0 Å². The molecule has 0 atom stereocenters. The smallest absolute Gasteiger partial charge is 0.132 e. The van der Waals surface area contributed by atoms with Crippen molar-refractivity contribution in [1.29, 1.82) is 0 Å². The van der Waals surface area contributed by atoms with Crippen molar-refractivity contribution in [3.8, 4) is 0 Å². The molecule has 2 aromatic rings. The first-order chi connectivity index (χ1) is 10.7. The molecule has 1 N–H and O–H groups in total. The topological polar surface area (TPSA) is 53.9 Å². The molecule has 6 heteroatoms. The van der Waals surface area contributed by atoms with Crippen molar-refractivity contribution in [2.45, 2.75) is 45.7 Å². The Balaban J connectivity index is 1.49. The molecule has 1 aliphatic heterocycles. The molecule has 2 aromatic heterocycles. The van der Waals surface area contributed by atoms with Crippen LogP contribution < -0.4 is 10.2 Å². The van der Waals surface area contributed by atoms with Crippen LogP contribution in [0.1, 0.15) is 36.2 Å². The van der Waals surface area contributed by atoms with Gasteiger partial charge in [0, 0.05) is 48.5 Å². The number of aromatic nitrogens is 3. The lowest BCUT2D eigenvalue weighted by Gasteiger charge is -2.33. The van der Waals surface area contributed by atoms with Gasteiger partial charge in [-0.3, -0.25) is 0 Å². The van der Waals surface area contributed by atoms with E-state index in [1.165, 1.54) is 5.01 Å². The minimum Gasteiger partial charge on any atom is -0.356 e. The zero-order valence-corrected chi connectivity index (χ0v) is 14.1. The molecule has 3 heterocycles. The Bertz CT molecular complexity index is 604. The molecule has 0 aromatic carbocycles. The highest BCUT2D eigenvalue weighted by Gasteiger charge is 2.20. The van der Waals surface area contributed by atoms with Gasteiger partial charge in [0.2, 0.25) is 0 Å². The zero-order valence-electron chi connectivity index (χ0n) is 13.2. The van der Waals surface area contributed by atoms with Crippen LogP contribution in [0.2, 0.25) is 0 Å². The van der Waals surface area contributed by atoms with E-state index in [1.54, 1.807) is 17.7 Å². The molecule has 118 valence electrons. The van der Waals surface area contributed by atoms with Gasteiger partial charge in [-0.2, -0.15) is 0 Å². The van der Waals surface area contributed by atoms with E-state index in [2.05, 4.69) is 43.5 Å². The number of hydrogen-bond donors (Lipinski definition) is 1. The Kier molecular flexibility index (Phi) is 5.00. The van der Waals surface area contributed by atoms with Crippen LogP contribution in [0, 0.1) is 6.92 Å². The molecular weight excluding hydrogens is 294 g/mol. The lowest BCUT2D eigenvalue weighted by atomic mass is 10.1. The maximum atomic E-state index is 4.51. The number of piperidine rings is 1. The van der Waals surface area contributed by atoms with Crippen LogP contribution in [-0.4, -0.2) is 34.1 Å². The summed E-state index contributed by atoms with van der Waals surface area (Å²) in [5.41, 5.74) is 2.23. The molecular formula is C16H23N5S. The van der Waals surface area contributed by atoms with Crippen molar-refractivity contribution in [3.63, 3.8) is 0 Å². The standard InChI is InChI=1S/C16H23N5S/c1-3-13-8-15(19-11-18-13)21-6-4-14(5-7-21)17-9-16-20-12(2)10-22-16/h8,10-11,14,17H,3-7,9H2,1-2H3. The normalized spacial score (nSPS) is 16.2. The van der Waals surface area contributed by atoms with E-state index in [-0.39, 0.29) is 0 Å². The van der Waals surface area contributed by atoms with Crippen LogP contribution in [-0.2, 0) is 13.0 Å². The van der Waals surface area contributed by atoms with E-state index >= 15 is 0 Å². The Labute approximate surface area is 135 Å². The van der Waals surface area contributed by atoms with Crippen LogP contribution in [0.3, 0.4) is 0 Å². The molecule has 22 heavy (non-hydrogen) atoms. The van der Waals surface area contributed by atoms with Gasteiger partial charge in [0.05, 0.1) is 0 Å². The number of nitrogens with one attached hydrogen (secondary N) is 1. The van der Waals surface area contributed by atoms with Crippen molar-refractivity contribution < 1.29 is 0 Å². The summed E-state index contributed by atoms with van der Waals surface area (Å²) in [6, 6.07) is 2.69. The minimum absolute atomic E-state index is 0.577. The van der Waals surface area contributed by atoms with Crippen LogP contribution in [0.25, 0.3) is 0 Å². The van der Waals surface area contributed by atoms with Gasteiger partial charge >= 0.3 is 0 Å². The summed E-state index contributed by atoms with van der Waals surface area (Å²) in [6.07, 6.45) is 4.94. The van der Waals surface area contributed by atoms with E-state index in [0.717, 1.165) is 56.1 Å². The van der Waals surface area contributed by atoms with Crippen LogP contribution in [0.15, 0.2) is 17.8 Å². The average molecular weight is 317 g/mol. The highest BCUT2D eigenvalue weighted by molar-refractivity contribution is 7.09. The quantitative estimate of drug-likeness (QED) is 0.918. The first-order valence-corrected chi connectivity index (χ1v) is 8.83. The summed E-state index contributed by atoms with van der Waals surface area (Å²) >= 11 is 1.74.